The van der Waals surface area contributed by atoms with Gasteiger partial charge in [0.25, 0.3) is 0 Å². The Balaban J connectivity index is 1.78. The van der Waals surface area contributed by atoms with E-state index in [1.807, 2.05) is 5.43 Å². The van der Waals surface area contributed by atoms with Gasteiger partial charge in [0.05, 0.1) is 18.6 Å². The lowest BCUT2D eigenvalue weighted by atomic mass is 9.68. The van der Waals surface area contributed by atoms with Gasteiger partial charge in [-0.1, -0.05) is 11.6 Å². The van der Waals surface area contributed by atoms with Crippen LogP contribution in [0, 0.1) is 5.92 Å². The van der Waals surface area contributed by atoms with E-state index in [4.69, 9.17) is 24.8 Å². The molecule has 0 aromatic heterocycles. The number of ether oxygens (including phenoxy) is 4. The first-order valence-corrected chi connectivity index (χ1v) is 8.51. The first-order valence-electron chi connectivity index (χ1n) is 8.51. The van der Waals surface area contributed by atoms with Crippen molar-refractivity contribution in [2.24, 2.45) is 11.8 Å². The molecule has 0 aromatic carbocycles. The molecule has 0 bridgehead atoms. The van der Waals surface area contributed by atoms with Crippen LogP contribution in [0.4, 0.5) is 4.79 Å². The van der Waals surface area contributed by atoms with Crippen LogP contribution in [0.1, 0.15) is 40.0 Å². The summed E-state index contributed by atoms with van der Waals surface area (Å²) in [6.45, 7) is 6.99. The number of allylic oxidation sites excluding steroid dienone is 1. The van der Waals surface area contributed by atoms with Gasteiger partial charge in [-0.2, -0.15) is 0 Å². The number of methoxy groups -OCH3 is 1. The molecule has 1 amide bonds. The summed E-state index contributed by atoms with van der Waals surface area (Å²) < 4.78 is 23.1. The maximum absolute atomic E-state index is 11.5. The van der Waals surface area contributed by atoms with Crippen molar-refractivity contribution in [3.63, 3.8) is 0 Å². The highest BCUT2D eigenvalue weighted by Gasteiger charge is 2.72. The molecule has 136 valence electrons. The van der Waals surface area contributed by atoms with Crippen molar-refractivity contribution in [1.29, 1.82) is 0 Å². The number of hydrogen-bond donors (Lipinski definition) is 2. The van der Waals surface area contributed by atoms with E-state index >= 15 is 0 Å². The van der Waals surface area contributed by atoms with Crippen molar-refractivity contribution in [2.45, 2.75) is 69.5 Å². The Morgan fingerprint density at radius 3 is 2.71 bits per heavy atom. The molecule has 1 saturated carbocycles. The van der Waals surface area contributed by atoms with Gasteiger partial charge in [-0.25, -0.2) is 10.6 Å². The third-order valence-corrected chi connectivity index (χ3v) is 5.61. The lowest BCUT2D eigenvalue weighted by molar-refractivity contribution is -0.118. The molecule has 24 heavy (non-hydrogen) atoms. The lowest BCUT2D eigenvalue weighted by Crippen LogP contribution is -2.56. The molecule has 2 aliphatic heterocycles. The molecule has 7 heteroatoms. The number of rotatable bonds is 5. The van der Waals surface area contributed by atoms with E-state index in [-0.39, 0.29) is 35.4 Å². The Morgan fingerprint density at radius 1 is 1.46 bits per heavy atom. The Kier molecular flexibility index (Phi) is 4.63. The molecule has 6 atom stereocenters. The minimum Gasteiger partial charge on any atom is -0.443 e. The second kappa shape index (κ2) is 6.29. The summed E-state index contributed by atoms with van der Waals surface area (Å²) in [5, 5.41) is 0. The predicted octanol–water partition coefficient (Wildman–Crippen LogP) is 1.66. The van der Waals surface area contributed by atoms with Crippen LogP contribution in [0.3, 0.4) is 0 Å². The topological polar surface area (TPSA) is 98.6 Å². The third kappa shape index (κ3) is 3.06. The van der Waals surface area contributed by atoms with Crippen molar-refractivity contribution in [3.8, 4) is 0 Å². The zero-order chi connectivity index (χ0) is 17.5. The highest BCUT2D eigenvalue weighted by atomic mass is 16.6. The molecule has 1 spiro atoms. The SMILES string of the molecule is CO[C@@H]1[C@H](OC(=O)NN)CC[C@]2(CO2)[C@H]1[C@@]1(C)O[C@@H]1CC=C(C)C. The van der Waals surface area contributed by atoms with Crippen molar-refractivity contribution < 1.29 is 23.7 Å². The smallest absolute Gasteiger partial charge is 0.421 e. The van der Waals surface area contributed by atoms with Crippen molar-refractivity contribution in [2.75, 3.05) is 13.7 Å². The van der Waals surface area contributed by atoms with Gasteiger partial charge in [0, 0.05) is 7.11 Å². The highest BCUT2D eigenvalue weighted by molar-refractivity contribution is 5.66. The fourth-order valence-electron chi connectivity index (χ4n) is 4.24. The van der Waals surface area contributed by atoms with Crippen LogP contribution in [0.5, 0.6) is 0 Å². The van der Waals surface area contributed by atoms with Crippen LogP contribution in [0.25, 0.3) is 0 Å². The van der Waals surface area contributed by atoms with Crippen LogP contribution in [-0.4, -0.2) is 49.3 Å². The molecule has 3 N–H and O–H groups in total. The minimum atomic E-state index is -0.642. The van der Waals surface area contributed by atoms with Gasteiger partial charge in [-0.15, -0.1) is 0 Å². The summed E-state index contributed by atoms with van der Waals surface area (Å²) in [4.78, 5) is 11.5. The van der Waals surface area contributed by atoms with Crippen LogP contribution < -0.4 is 11.3 Å². The molecule has 3 fully saturated rings. The molecule has 2 heterocycles. The van der Waals surface area contributed by atoms with Crippen molar-refractivity contribution in [3.05, 3.63) is 11.6 Å². The number of hydrazine groups is 1. The monoisotopic (exact) mass is 340 g/mol. The Morgan fingerprint density at radius 2 is 2.17 bits per heavy atom. The van der Waals surface area contributed by atoms with E-state index in [1.54, 1.807) is 7.11 Å². The number of carbonyl (C=O) groups is 1. The van der Waals surface area contributed by atoms with E-state index in [1.165, 1.54) is 5.57 Å². The summed E-state index contributed by atoms with van der Waals surface area (Å²) in [5.74, 6) is 5.17. The second-order valence-corrected chi connectivity index (χ2v) is 7.47. The van der Waals surface area contributed by atoms with E-state index in [0.29, 0.717) is 13.0 Å². The Bertz CT molecular complexity index is 529. The maximum Gasteiger partial charge on any atom is 0.421 e. The van der Waals surface area contributed by atoms with Crippen molar-refractivity contribution >= 4 is 6.09 Å². The fraction of sp³-hybridized carbons (Fsp3) is 0.824. The van der Waals surface area contributed by atoms with Crippen molar-refractivity contribution in [1.82, 2.24) is 5.43 Å². The third-order valence-electron chi connectivity index (χ3n) is 5.61. The number of amides is 1. The number of hydrogen-bond acceptors (Lipinski definition) is 6. The molecule has 0 unspecified atom stereocenters. The van der Waals surface area contributed by atoms with Gasteiger partial charge in [-0.3, -0.25) is 5.43 Å². The van der Waals surface area contributed by atoms with Crippen LogP contribution >= 0.6 is 0 Å². The fourth-order valence-corrected chi connectivity index (χ4v) is 4.24. The van der Waals surface area contributed by atoms with Crippen LogP contribution in [0.2, 0.25) is 0 Å². The number of nitrogens with two attached hydrogens (primary N) is 1. The summed E-state index contributed by atoms with van der Waals surface area (Å²) in [6.07, 6.45) is 3.44. The maximum atomic E-state index is 11.5. The van der Waals surface area contributed by atoms with E-state index in [9.17, 15) is 4.79 Å². The summed E-state index contributed by atoms with van der Waals surface area (Å²) in [6, 6.07) is 0. The number of carbonyl (C=O) groups excluding carboxylic acids is 1. The quantitative estimate of drug-likeness (QED) is 0.260. The summed E-state index contributed by atoms with van der Waals surface area (Å²) in [5.41, 5.74) is 2.75. The van der Waals surface area contributed by atoms with Gasteiger partial charge in [0.2, 0.25) is 0 Å². The highest BCUT2D eigenvalue weighted by Crippen LogP contribution is 2.59. The van der Waals surface area contributed by atoms with Crippen LogP contribution in [-0.2, 0) is 18.9 Å². The molecule has 0 aromatic rings. The zero-order valence-electron chi connectivity index (χ0n) is 14.8. The molecule has 1 aliphatic carbocycles. The summed E-state index contributed by atoms with van der Waals surface area (Å²) >= 11 is 0. The number of epoxide rings is 2. The molecule has 2 saturated heterocycles. The van der Waals surface area contributed by atoms with Crippen LogP contribution in [0.15, 0.2) is 11.6 Å². The molecule has 3 rings (SSSR count). The largest absolute Gasteiger partial charge is 0.443 e. The molecule has 3 aliphatic rings. The molecular weight excluding hydrogens is 312 g/mol. The van der Waals surface area contributed by atoms with Gasteiger partial charge in [-0.05, 0) is 40.0 Å². The lowest BCUT2D eigenvalue weighted by Gasteiger charge is -2.42. The Hall–Kier alpha value is -1.15. The normalized spacial score (nSPS) is 43.2. The van der Waals surface area contributed by atoms with E-state index < -0.39 is 6.09 Å². The molecular formula is C17H28N2O5. The summed E-state index contributed by atoms with van der Waals surface area (Å²) in [7, 11) is 1.65. The van der Waals surface area contributed by atoms with Gasteiger partial charge in [0.15, 0.2) is 0 Å². The minimum absolute atomic E-state index is 0.0230. The average Bonchev–Trinajstić information content (AvgIpc) is 3.45. The molecule has 0 radical (unpaired) electrons. The predicted molar refractivity (Wildman–Crippen MR) is 87.1 cm³/mol. The first kappa shape index (κ1) is 17.7. The first-order chi connectivity index (χ1) is 11.4. The second-order valence-electron chi connectivity index (χ2n) is 7.47. The average molecular weight is 340 g/mol. The van der Waals surface area contributed by atoms with Gasteiger partial charge < -0.3 is 18.9 Å². The van der Waals surface area contributed by atoms with Gasteiger partial charge in [0.1, 0.15) is 23.4 Å². The van der Waals surface area contributed by atoms with E-state index in [0.717, 1.165) is 12.8 Å². The zero-order valence-corrected chi connectivity index (χ0v) is 14.8. The van der Waals surface area contributed by atoms with Gasteiger partial charge >= 0.3 is 6.09 Å². The van der Waals surface area contributed by atoms with E-state index in [2.05, 4.69) is 26.8 Å². The standard InChI is InChI=1S/C17H28N2O5/c1-10(2)5-6-12-16(3,24-12)14-13(21-4)11(23-15(20)19-18)7-8-17(14)9-22-17/h5,11-14H,6-9,18H2,1-4H3,(H,19,20)/t11-,12-,13-,14-,16+,17+/m1/s1. The Labute approximate surface area is 142 Å². The molecule has 7 nitrogen and oxygen atoms in total. The number of nitrogens with one attached hydrogen (secondary N) is 1.